The number of carbonyl (C=O) groups excluding carboxylic acids is 1. The molecule has 3 aromatic rings. The van der Waals surface area contributed by atoms with Gasteiger partial charge in [-0.2, -0.15) is 5.10 Å². The topological polar surface area (TPSA) is 116 Å². The number of nitrogens with one attached hydrogen (secondary N) is 3. The van der Waals surface area contributed by atoms with Crippen LogP contribution in [0.5, 0.6) is 0 Å². The van der Waals surface area contributed by atoms with Gasteiger partial charge in [0.1, 0.15) is 5.02 Å². The van der Waals surface area contributed by atoms with Crippen molar-refractivity contribution in [1.29, 1.82) is 0 Å². The first kappa shape index (κ1) is 16.8. The minimum Gasteiger partial charge on any atom is -0.331 e. The molecule has 0 bridgehead atoms. The number of hydrogen-bond acceptors (Lipinski definition) is 5. The van der Waals surface area contributed by atoms with Crippen LogP contribution >= 0.6 is 23.8 Å². The van der Waals surface area contributed by atoms with Crippen LogP contribution < -0.4 is 5.43 Å². The molecule has 3 N–H and O–H groups in total. The van der Waals surface area contributed by atoms with E-state index in [0.717, 1.165) is 5.52 Å². The maximum absolute atomic E-state index is 12.1. The normalized spacial score (nSPS) is 11.1. The van der Waals surface area contributed by atoms with Crippen LogP contribution in [-0.4, -0.2) is 27.0 Å². The molecule has 3 rings (SSSR count). The highest BCUT2D eigenvalue weighted by molar-refractivity contribution is 7.71. The van der Waals surface area contributed by atoms with Crippen molar-refractivity contribution in [3.8, 4) is 0 Å². The molecule has 0 fully saturated rings. The number of hydrogen-bond donors (Lipinski definition) is 3. The Balaban J connectivity index is 1.74. The molecule has 0 unspecified atom stereocenters. The van der Waals surface area contributed by atoms with Crippen molar-refractivity contribution in [2.75, 3.05) is 0 Å². The molecule has 1 heterocycles. The van der Waals surface area contributed by atoms with Crippen LogP contribution in [0.2, 0.25) is 5.02 Å². The van der Waals surface area contributed by atoms with Crippen LogP contribution in [0.3, 0.4) is 0 Å². The molecule has 0 saturated heterocycles. The summed E-state index contributed by atoms with van der Waals surface area (Å²) in [6.45, 7) is 0. The van der Waals surface area contributed by atoms with E-state index in [1.165, 1.54) is 18.3 Å². The molecule has 0 atom stereocenters. The first-order valence-electron chi connectivity index (χ1n) is 6.93. The van der Waals surface area contributed by atoms with Gasteiger partial charge in [0.2, 0.25) is 0 Å². The van der Waals surface area contributed by atoms with Gasteiger partial charge in [-0.1, -0.05) is 17.7 Å². The predicted octanol–water partition coefficient (Wildman–Crippen LogP) is 3.55. The maximum Gasteiger partial charge on any atom is 0.288 e. The fraction of sp³-hybridized carbons (Fsp3) is 0. The number of H-pyrrole nitrogens is 2. The Kier molecular flexibility index (Phi) is 4.59. The molecule has 1 aromatic heterocycles. The average molecular weight is 376 g/mol. The number of imidazole rings is 1. The predicted molar refractivity (Wildman–Crippen MR) is 96.6 cm³/mol. The number of nitro benzene ring substituents is 1. The average Bonchev–Trinajstić information content (AvgIpc) is 2.95. The third-order valence-electron chi connectivity index (χ3n) is 3.32. The molecule has 0 aliphatic carbocycles. The number of amides is 1. The van der Waals surface area contributed by atoms with Crippen LogP contribution in [-0.2, 0) is 0 Å². The van der Waals surface area contributed by atoms with E-state index in [1.807, 2.05) is 0 Å². The van der Waals surface area contributed by atoms with Crippen molar-refractivity contribution in [2.45, 2.75) is 0 Å². The second-order valence-electron chi connectivity index (χ2n) is 5.01. The Morgan fingerprint density at radius 3 is 2.76 bits per heavy atom. The number of fused-ring (bicyclic) bond motifs is 1. The van der Waals surface area contributed by atoms with E-state index in [4.69, 9.17) is 23.8 Å². The molecule has 2 aromatic carbocycles. The first-order valence-corrected chi connectivity index (χ1v) is 7.72. The molecular formula is C15H10ClN5O3S. The molecule has 0 radical (unpaired) electrons. The fourth-order valence-corrected chi connectivity index (χ4v) is 2.56. The molecule has 0 saturated carbocycles. The largest absolute Gasteiger partial charge is 0.331 e. The molecule has 0 spiro atoms. The summed E-state index contributed by atoms with van der Waals surface area (Å²) in [5, 5.41) is 14.7. The van der Waals surface area contributed by atoms with E-state index < -0.39 is 10.8 Å². The van der Waals surface area contributed by atoms with Gasteiger partial charge in [-0.05, 0) is 36.5 Å². The van der Waals surface area contributed by atoms with Crippen molar-refractivity contribution in [2.24, 2.45) is 5.10 Å². The van der Waals surface area contributed by atoms with Crippen molar-refractivity contribution in [1.82, 2.24) is 15.4 Å². The van der Waals surface area contributed by atoms with Gasteiger partial charge in [0.05, 0.1) is 22.2 Å². The Bertz CT molecular complexity index is 1070. The zero-order valence-electron chi connectivity index (χ0n) is 12.4. The molecule has 1 amide bonds. The Labute approximate surface area is 150 Å². The Morgan fingerprint density at radius 2 is 2.00 bits per heavy atom. The minimum absolute atomic E-state index is 0.0309. The second-order valence-corrected chi connectivity index (χ2v) is 5.82. The lowest BCUT2D eigenvalue weighted by atomic mass is 10.2. The molecule has 0 aliphatic rings. The van der Waals surface area contributed by atoms with E-state index in [0.29, 0.717) is 21.4 Å². The van der Waals surface area contributed by atoms with Crippen molar-refractivity contribution >= 4 is 52.7 Å². The first-order chi connectivity index (χ1) is 11.9. The van der Waals surface area contributed by atoms with Crippen molar-refractivity contribution in [3.63, 3.8) is 0 Å². The number of halogens is 1. The minimum atomic E-state index is -0.589. The van der Waals surface area contributed by atoms with Crippen LogP contribution in [0.15, 0.2) is 41.5 Å². The van der Waals surface area contributed by atoms with Gasteiger partial charge in [0.15, 0.2) is 4.77 Å². The van der Waals surface area contributed by atoms with E-state index in [9.17, 15) is 14.9 Å². The van der Waals surface area contributed by atoms with E-state index in [2.05, 4.69) is 20.5 Å². The van der Waals surface area contributed by atoms with E-state index >= 15 is 0 Å². The fourth-order valence-electron chi connectivity index (χ4n) is 2.15. The lowest BCUT2D eigenvalue weighted by Crippen LogP contribution is -2.17. The quantitative estimate of drug-likeness (QED) is 0.280. The Morgan fingerprint density at radius 1 is 1.24 bits per heavy atom. The molecule has 10 heteroatoms. The smallest absolute Gasteiger partial charge is 0.288 e. The molecule has 126 valence electrons. The number of benzene rings is 2. The SMILES string of the molecule is O=C(N/N=C\c1ccc(Cl)c([N+](=O)[O-])c1)c1ccc2[nH]c(=S)[nH]c2c1. The highest BCUT2D eigenvalue weighted by Crippen LogP contribution is 2.24. The molecule has 25 heavy (non-hydrogen) atoms. The van der Waals surface area contributed by atoms with Gasteiger partial charge in [0, 0.05) is 17.2 Å². The monoisotopic (exact) mass is 375 g/mol. The lowest BCUT2D eigenvalue weighted by Gasteiger charge is -2.00. The zero-order chi connectivity index (χ0) is 18.0. The van der Waals surface area contributed by atoms with Gasteiger partial charge >= 0.3 is 0 Å². The molecular weight excluding hydrogens is 366 g/mol. The highest BCUT2D eigenvalue weighted by atomic mass is 35.5. The number of nitro groups is 1. The van der Waals surface area contributed by atoms with Crippen LogP contribution in [0.1, 0.15) is 15.9 Å². The summed E-state index contributed by atoms with van der Waals surface area (Å²) in [6.07, 6.45) is 1.30. The number of nitrogens with zero attached hydrogens (tertiary/aromatic N) is 2. The second kappa shape index (κ2) is 6.83. The van der Waals surface area contributed by atoms with Crippen molar-refractivity contribution in [3.05, 3.63) is 67.4 Å². The summed E-state index contributed by atoms with van der Waals surface area (Å²) >= 11 is 10.7. The molecule has 0 aliphatic heterocycles. The summed E-state index contributed by atoms with van der Waals surface area (Å²) in [7, 11) is 0. The maximum atomic E-state index is 12.1. The van der Waals surface area contributed by atoms with E-state index in [-0.39, 0.29) is 10.7 Å². The zero-order valence-corrected chi connectivity index (χ0v) is 14.0. The van der Waals surface area contributed by atoms with Gasteiger partial charge in [-0.25, -0.2) is 5.43 Å². The van der Waals surface area contributed by atoms with Crippen LogP contribution in [0.4, 0.5) is 5.69 Å². The van der Waals surface area contributed by atoms with Crippen LogP contribution in [0.25, 0.3) is 11.0 Å². The van der Waals surface area contributed by atoms with Gasteiger partial charge < -0.3 is 9.97 Å². The molecule has 8 nitrogen and oxygen atoms in total. The highest BCUT2D eigenvalue weighted by Gasteiger charge is 2.12. The summed E-state index contributed by atoms with van der Waals surface area (Å²) < 4.78 is 0.468. The number of hydrazone groups is 1. The lowest BCUT2D eigenvalue weighted by molar-refractivity contribution is -0.384. The Hall–Kier alpha value is -3.04. The third-order valence-corrected chi connectivity index (χ3v) is 3.85. The number of rotatable bonds is 4. The summed E-state index contributed by atoms with van der Waals surface area (Å²) in [5.74, 6) is -0.429. The summed E-state index contributed by atoms with van der Waals surface area (Å²) in [6, 6.07) is 9.20. The summed E-state index contributed by atoms with van der Waals surface area (Å²) in [4.78, 5) is 28.2. The number of aromatic amines is 2. The van der Waals surface area contributed by atoms with Gasteiger partial charge in [-0.15, -0.1) is 0 Å². The van der Waals surface area contributed by atoms with Crippen molar-refractivity contribution < 1.29 is 9.72 Å². The van der Waals surface area contributed by atoms with Crippen LogP contribution in [0, 0.1) is 14.9 Å². The van der Waals surface area contributed by atoms with Gasteiger partial charge in [-0.3, -0.25) is 14.9 Å². The number of carbonyl (C=O) groups is 1. The third kappa shape index (κ3) is 3.73. The van der Waals surface area contributed by atoms with Gasteiger partial charge in [0.25, 0.3) is 11.6 Å². The summed E-state index contributed by atoms with van der Waals surface area (Å²) in [5.41, 5.74) is 4.44. The van der Waals surface area contributed by atoms with E-state index in [1.54, 1.807) is 24.3 Å². The standard InChI is InChI=1S/C15H10ClN5O3S/c16-10-3-1-8(5-13(10)21(23)24)7-17-20-14(22)9-2-4-11-12(6-9)19-15(25)18-11/h1-7H,(H,20,22)(H2,18,19,25)/b17-7-. The number of aromatic nitrogens is 2.